The Labute approximate surface area is 174 Å². The summed E-state index contributed by atoms with van der Waals surface area (Å²) < 4.78 is 34.2. The molecule has 1 aliphatic rings. The lowest BCUT2D eigenvalue weighted by Crippen LogP contribution is -2.42. The monoisotopic (exact) mass is 466 g/mol. The highest BCUT2D eigenvalue weighted by molar-refractivity contribution is 9.10. The molecule has 0 aromatic heterocycles. The van der Waals surface area contributed by atoms with Gasteiger partial charge in [-0.2, -0.15) is 4.31 Å². The smallest absolute Gasteiger partial charge is 0.255 e. The van der Waals surface area contributed by atoms with Crippen molar-refractivity contribution in [2.24, 2.45) is 0 Å². The predicted octanol–water partition coefficient (Wildman–Crippen LogP) is 4.27. The first kappa shape index (κ1) is 20.8. The Morgan fingerprint density at radius 3 is 2.54 bits per heavy atom. The number of sulfonamides is 1. The maximum atomic E-state index is 13.3. The maximum absolute atomic E-state index is 13.3. The standard InChI is InChI=1S/C20H23BrN2O4S/c1-14-5-3-4-12-23(14)28(25,26)19-13-15(6-11-18(19)27-2)20(24)22-17-9-7-16(21)8-10-17/h6-11,13-14H,3-5,12H2,1-2H3,(H,22,24)/t14-/m1/s1. The molecule has 1 heterocycles. The van der Waals surface area contributed by atoms with Crippen molar-refractivity contribution in [3.63, 3.8) is 0 Å². The summed E-state index contributed by atoms with van der Waals surface area (Å²) in [6.45, 7) is 2.38. The molecule has 8 heteroatoms. The fraction of sp³-hybridized carbons (Fsp3) is 0.350. The Morgan fingerprint density at radius 2 is 1.89 bits per heavy atom. The molecule has 0 unspecified atom stereocenters. The molecular formula is C20H23BrN2O4S. The molecule has 2 aromatic carbocycles. The number of hydrogen-bond donors (Lipinski definition) is 1. The summed E-state index contributed by atoms with van der Waals surface area (Å²) >= 11 is 3.35. The average Bonchev–Trinajstić information content (AvgIpc) is 2.69. The molecular weight excluding hydrogens is 444 g/mol. The van der Waals surface area contributed by atoms with Crippen LogP contribution in [0.5, 0.6) is 5.75 Å². The van der Waals surface area contributed by atoms with Gasteiger partial charge >= 0.3 is 0 Å². The van der Waals surface area contributed by atoms with Gasteiger partial charge in [-0.1, -0.05) is 22.4 Å². The van der Waals surface area contributed by atoms with Gasteiger partial charge in [-0.25, -0.2) is 8.42 Å². The molecule has 3 rings (SSSR count). The molecule has 1 fully saturated rings. The SMILES string of the molecule is COc1ccc(C(=O)Nc2ccc(Br)cc2)cc1S(=O)(=O)N1CCCC[C@H]1C. The Morgan fingerprint density at radius 1 is 1.18 bits per heavy atom. The quantitative estimate of drug-likeness (QED) is 0.713. The van der Waals surface area contributed by atoms with Gasteiger partial charge in [0.25, 0.3) is 5.91 Å². The lowest BCUT2D eigenvalue weighted by atomic mass is 10.1. The van der Waals surface area contributed by atoms with E-state index >= 15 is 0 Å². The molecule has 0 radical (unpaired) electrons. The van der Waals surface area contributed by atoms with Gasteiger partial charge in [-0.05, 0) is 62.2 Å². The van der Waals surface area contributed by atoms with Crippen molar-refractivity contribution in [1.29, 1.82) is 0 Å². The van der Waals surface area contributed by atoms with Crippen LogP contribution in [0.15, 0.2) is 51.8 Å². The van der Waals surface area contributed by atoms with Crippen LogP contribution in [-0.2, 0) is 10.0 Å². The summed E-state index contributed by atoms with van der Waals surface area (Å²) in [4.78, 5) is 12.7. The van der Waals surface area contributed by atoms with Gasteiger partial charge in [0.1, 0.15) is 10.6 Å². The highest BCUT2D eigenvalue weighted by Crippen LogP contribution is 2.32. The van der Waals surface area contributed by atoms with Crippen molar-refractivity contribution in [2.75, 3.05) is 19.0 Å². The van der Waals surface area contributed by atoms with Crippen LogP contribution in [-0.4, -0.2) is 38.3 Å². The van der Waals surface area contributed by atoms with E-state index in [1.54, 1.807) is 18.2 Å². The Hall–Kier alpha value is -1.90. The Kier molecular flexibility index (Phi) is 6.42. The number of halogens is 1. The average molecular weight is 467 g/mol. The lowest BCUT2D eigenvalue weighted by molar-refractivity contribution is 0.102. The van der Waals surface area contributed by atoms with Crippen molar-refractivity contribution in [2.45, 2.75) is 37.1 Å². The first-order valence-corrected chi connectivity index (χ1v) is 11.3. The molecule has 1 amide bonds. The summed E-state index contributed by atoms with van der Waals surface area (Å²) in [6.07, 6.45) is 2.67. The van der Waals surface area contributed by atoms with Crippen LogP contribution >= 0.6 is 15.9 Å². The molecule has 28 heavy (non-hydrogen) atoms. The van der Waals surface area contributed by atoms with Crippen molar-refractivity contribution in [3.8, 4) is 5.75 Å². The van der Waals surface area contributed by atoms with Crippen LogP contribution in [0.1, 0.15) is 36.5 Å². The summed E-state index contributed by atoms with van der Waals surface area (Å²) in [6, 6.07) is 11.6. The van der Waals surface area contributed by atoms with Crippen LogP contribution in [0.25, 0.3) is 0 Å². The molecule has 0 bridgehead atoms. The molecule has 2 aromatic rings. The van der Waals surface area contributed by atoms with E-state index in [0.717, 1.165) is 23.7 Å². The van der Waals surface area contributed by atoms with E-state index in [1.807, 2.05) is 19.1 Å². The third-order valence-electron chi connectivity index (χ3n) is 4.86. The van der Waals surface area contributed by atoms with Crippen molar-refractivity contribution in [1.82, 2.24) is 4.31 Å². The minimum absolute atomic E-state index is 0.0206. The highest BCUT2D eigenvalue weighted by atomic mass is 79.9. The number of carbonyl (C=O) groups is 1. The molecule has 1 atom stereocenters. The number of nitrogens with one attached hydrogen (secondary N) is 1. The van der Waals surface area contributed by atoms with Gasteiger partial charge in [0.2, 0.25) is 10.0 Å². The second-order valence-corrected chi connectivity index (χ2v) is 9.56. The number of hydrogen-bond acceptors (Lipinski definition) is 4. The topological polar surface area (TPSA) is 75.7 Å². The van der Waals surface area contributed by atoms with Crippen molar-refractivity contribution in [3.05, 3.63) is 52.5 Å². The highest BCUT2D eigenvalue weighted by Gasteiger charge is 2.33. The number of nitrogens with zero attached hydrogens (tertiary/aromatic N) is 1. The number of amides is 1. The normalized spacial score (nSPS) is 17.9. The zero-order valence-electron chi connectivity index (χ0n) is 15.8. The van der Waals surface area contributed by atoms with Gasteiger partial charge in [-0.3, -0.25) is 4.79 Å². The largest absolute Gasteiger partial charge is 0.495 e. The Bertz CT molecular complexity index is 961. The molecule has 0 spiro atoms. The number of methoxy groups -OCH3 is 1. The van der Waals surface area contributed by atoms with E-state index in [0.29, 0.717) is 12.2 Å². The first-order valence-electron chi connectivity index (χ1n) is 9.09. The summed E-state index contributed by atoms with van der Waals surface area (Å²) in [7, 11) is -2.34. The first-order chi connectivity index (χ1) is 13.3. The maximum Gasteiger partial charge on any atom is 0.255 e. The number of ether oxygens (including phenoxy) is 1. The second-order valence-electron chi connectivity index (χ2n) is 6.79. The number of benzene rings is 2. The molecule has 1 N–H and O–H groups in total. The molecule has 0 aliphatic carbocycles. The zero-order chi connectivity index (χ0) is 20.3. The van der Waals surface area contributed by atoms with Crippen LogP contribution in [0, 0.1) is 0 Å². The van der Waals surface area contributed by atoms with Crippen molar-refractivity contribution < 1.29 is 17.9 Å². The Balaban J connectivity index is 1.93. The van der Waals surface area contributed by atoms with E-state index < -0.39 is 10.0 Å². The van der Waals surface area contributed by atoms with Crippen LogP contribution in [0.2, 0.25) is 0 Å². The zero-order valence-corrected chi connectivity index (χ0v) is 18.2. The summed E-state index contributed by atoms with van der Waals surface area (Å²) in [5.74, 6) is -0.147. The number of piperidine rings is 1. The van der Waals surface area contributed by atoms with E-state index in [2.05, 4.69) is 21.2 Å². The van der Waals surface area contributed by atoms with Gasteiger partial charge in [0.15, 0.2) is 0 Å². The van der Waals surface area contributed by atoms with E-state index in [4.69, 9.17) is 4.74 Å². The number of rotatable bonds is 5. The van der Waals surface area contributed by atoms with Gasteiger partial charge in [-0.15, -0.1) is 0 Å². The van der Waals surface area contributed by atoms with Gasteiger partial charge < -0.3 is 10.1 Å². The van der Waals surface area contributed by atoms with E-state index in [1.165, 1.54) is 23.5 Å². The fourth-order valence-electron chi connectivity index (χ4n) is 3.31. The number of carbonyl (C=O) groups excluding carboxylic acids is 1. The van der Waals surface area contributed by atoms with Crippen LogP contribution < -0.4 is 10.1 Å². The second kappa shape index (κ2) is 8.63. The van der Waals surface area contributed by atoms with E-state index in [9.17, 15) is 13.2 Å². The fourth-order valence-corrected chi connectivity index (χ4v) is 5.46. The summed E-state index contributed by atoms with van der Waals surface area (Å²) in [5, 5.41) is 2.78. The third-order valence-corrected chi connectivity index (χ3v) is 7.42. The number of anilines is 1. The summed E-state index contributed by atoms with van der Waals surface area (Å²) in [5.41, 5.74) is 0.880. The molecule has 0 saturated carbocycles. The van der Waals surface area contributed by atoms with Crippen LogP contribution in [0.3, 0.4) is 0 Å². The molecule has 1 saturated heterocycles. The van der Waals surface area contributed by atoms with E-state index in [-0.39, 0.29) is 28.2 Å². The molecule has 1 aliphatic heterocycles. The molecule has 6 nitrogen and oxygen atoms in total. The molecule has 150 valence electrons. The third kappa shape index (κ3) is 4.39. The van der Waals surface area contributed by atoms with Crippen LogP contribution in [0.4, 0.5) is 5.69 Å². The van der Waals surface area contributed by atoms with Crippen molar-refractivity contribution >= 4 is 37.5 Å². The van der Waals surface area contributed by atoms with Gasteiger partial charge in [0, 0.05) is 28.3 Å². The van der Waals surface area contributed by atoms with Gasteiger partial charge in [0.05, 0.1) is 7.11 Å². The minimum Gasteiger partial charge on any atom is -0.495 e. The lowest BCUT2D eigenvalue weighted by Gasteiger charge is -2.32. The minimum atomic E-state index is -3.77. The predicted molar refractivity (Wildman–Crippen MR) is 112 cm³/mol.